The quantitative estimate of drug-likeness (QED) is 0.773. The Morgan fingerprint density at radius 2 is 2.00 bits per heavy atom. The first-order valence-electron chi connectivity index (χ1n) is 7.85. The van der Waals surface area contributed by atoms with Crippen molar-refractivity contribution in [3.05, 3.63) is 29.3 Å². The molecule has 3 aliphatic heterocycles. The molecule has 0 aromatic heterocycles. The number of ether oxygens (including phenoxy) is 1. The van der Waals surface area contributed by atoms with Crippen LogP contribution in [0.15, 0.2) is 18.2 Å². The Morgan fingerprint density at radius 3 is 2.75 bits per heavy atom. The van der Waals surface area contributed by atoms with E-state index < -0.39 is 0 Å². The smallest absolute Gasteiger partial charge is 0.123 e. The first-order valence-corrected chi connectivity index (χ1v) is 8.28. The minimum Gasteiger partial charge on any atom is -0.488 e. The molecule has 3 unspecified atom stereocenters. The van der Waals surface area contributed by atoms with Crippen molar-refractivity contribution in [2.45, 2.75) is 62.6 Å². The summed E-state index contributed by atoms with van der Waals surface area (Å²) in [6.45, 7) is 3.23. The van der Waals surface area contributed by atoms with Crippen LogP contribution in [0.25, 0.3) is 0 Å². The van der Waals surface area contributed by atoms with Crippen LogP contribution in [0, 0.1) is 6.92 Å². The van der Waals surface area contributed by atoms with Crippen molar-refractivity contribution in [3.8, 4) is 5.75 Å². The Bertz CT molecular complexity index is 504. The highest BCUT2D eigenvalue weighted by molar-refractivity contribution is 6.20. The van der Waals surface area contributed by atoms with Gasteiger partial charge in [-0.05, 0) is 44.2 Å². The highest BCUT2D eigenvalue weighted by atomic mass is 35.5. The molecule has 0 saturated carbocycles. The minimum atomic E-state index is 0.335. The van der Waals surface area contributed by atoms with Crippen LogP contribution in [0.4, 0.5) is 0 Å². The molecular formula is C17H22ClNO. The van der Waals surface area contributed by atoms with E-state index in [4.69, 9.17) is 16.3 Å². The van der Waals surface area contributed by atoms with E-state index in [1.54, 1.807) is 0 Å². The average molecular weight is 292 g/mol. The number of piperidine rings is 1. The van der Waals surface area contributed by atoms with E-state index in [2.05, 4.69) is 30.0 Å². The Morgan fingerprint density at radius 1 is 1.25 bits per heavy atom. The van der Waals surface area contributed by atoms with Gasteiger partial charge in [-0.1, -0.05) is 17.7 Å². The molecule has 3 heteroatoms. The molecule has 0 aliphatic carbocycles. The molecule has 0 N–H and O–H groups in total. The van der Waals surface area contributed by atoms with Gasteiger partial charge in [-0.15, -0.1) is 11.6 Å². The lowest BCUT2D eigenvalue weighted by atomic mass is 10.0. The summed E-state index contributed by atoms with van der Waals surface area (Å²) in [6.07, 6.45) is 6.38. The van der Waals surface area contributed by atoms with Gasteiger partial charge in [-0.2, -0.15) is 0 Å². The van der Waals surface area contributed by atoms with E-state index in [1.807, 2.05) is 0 Å². The fourth-order valence-electron chi connectivity index (χ4n) is 4.29. The number of aryl methyl sites for hydroxylation is 1. The van der Waals surface area contributed by atoms with Gasteiger partial charge in [0.25, 0.3) is 0 Å². The van der Waals surface area contributed by atoms with Crippen molar-refractivity contribution in [3.63, 3.8) is 0 Å². The summed E-state index contributed by atoms with van der Waals surface area (Å²) in [7, 11) is 0. The molecule has 2 bridgehead atoms. The molecular weight excluding hydrogens is 270 g/mol. The zero-order chi connectivity index (χ0) is 13.7. The number of alkyl halides is 1. The predicted molar refractivity (Wildman–Crippen MR) is 81.7 cm³/mol. The molecule has 2 nitrogen and oxygen atoms in total. The van der Waals surface area contributed by atoms with Gasteiger partial charge in [0.1, 0.15) is 11.9 Å². The standard InChI is InChI=1S/C17H22ClNO/c1-11-2-5-17-12(6-11)7-16(20-17)10-19-14-3-4-15(19)9-13(18)8-14/h2,5-6,13-16H,3-4,7-10H2,1H3. The third-order valence-corrected chi connectivity index (χ3v) is 5.55. The summed E-state index contributed by atoms with van der Waals surface area (Å²) in [4.78, 5) is 2.68. The van der Waals surface area contributed by atoms with Crippen LogP contribution in [0.3, 0.4) is 0 Å². The minimum absolute atomic E-state index is 0.335. The van der Waals surface area contributed by atoms with Gasteiger partial charge in [0.15, 0.2) is 0 Å². The maximum absolute atomic E-state index is 6.36. The third-order valence-electron chi connectivity index (χ3n) is 5.20. The normalized spacial score (nSPS) is 35.9. The van der Waals surface area contributed by atoms with E-state index in [1.165, 1.54) is 24.0 Å². The lowest BCUT2D eigenvalue weighted by Crippen LogP contribution is -2.47. The van der Waals surface area contributed by atoms with Crippen LogP contribution >= 0.6 is 11.6 Å². The Hall–Kier alpha value is -0.730. The number of benzene rings is 1. The van der Waals surface area contributed by atoms with Crippen LogP contribution in [0.5, 0.6) is 5.75 Å². The molecule has 3 atom stereocenters. The van der Waals surface area contributed by atoms with Crippen molar-refractivity contribution in [2.24, 2.45) is 0 Å². The highest BCUT2D eigenvalue weighted by Crippen LogP contribution is 2.39. The largest absolute Gasteiger partial charge is 0.488 e. The zero-order valence-corrected chi connectivity index (χ0v) is 12.8. The molecule has 0 spiro atoms. The van der Waals surface area contributed by atoms with E-state index in [-0.39, 0.29) is 0 Å². The number of rotatable bonds is 2. The lowest BCUT2D eigenvalue weighted by Gasteiger charge is -2.38. The number of halogens is 1. The summed E-state index contributed by atoms with van der Waals surface area (Å²) in [5.41, 5.74) is 2.71. The van der Waals surface area contributed by atoms with E-state index in [0.717, 1.165) is 31.6 Å². The van der Waals surface area contributed by atoms with Crippen LogP contribution < -0.4 is 4.74 Å². The van der Waals surface area contributed by atoms with Gasteiger partial charge in [0.05, 0.1) is 0 Å². The zero-order valence-electron chi connectivity index (χ0n) is 12.0. The first-order chi connectivity index (χ1) is 9.69. The lowest BCUT2D eigenvalue weighted by molar-refractivity contribution is 0.0857. The van der Waals surface area contributed by atoms with E-state index in [0.29, 0.717) is 23.6 Å². The van der Waals surface area contributed by atoms with Crippen LogP contribution in [-0.4, -0.2) is 35.0 Å². The monoisotopic (exact) mass is 291 g/mol. The van der Waals surface area contributed by atoms with Crippen molar-refractivity contribution in [1.82, 2.24) is 4.90 Å². The Balaban J connectivity index is 1.44. The Labute approximate surface area is 126 Å². The van der Waals surface area contributed by atoms with Gasteiger partial charge < -0.3 is 4.74 Å². The van der Waals surface area contributed by atoms with Gasteiger partial charge in [-0.25, -0.2) is 0 Å². The van der Waals surface area contributed by atoms with Crippen molar-refractivity contribution < 1.29 is 4.74 Å². The number of hydrogen-bond donors (Lipinski definition) is 0. The summed E-state index contributed by atoms with van der Waals surface area (Å²) in [6, 6.07) is 7.94. The topological polar surface area (TPSA) is 12.5 Å². The number of hydrogen-bond acceptors (Lipinski definition) is 2. The SMILES string of the molecule is Cc1ccc2c(c1)CC(CN1C3CCC1CC(Cl)C3)O2. The molecule has 3 heterocycles. The predicted octanol–water partition coefficient (Wildman–Crippen LogP) is 3.53. The summed E-state index contributed by atoms with van der Waals surface area (Å²) >= 11 is 6.36. The summed E-state index contributed by atoms with van der Waals surface area (Å²) in [5.74, 6) is 1.10. The maximum Gasteiger partial charge on any atom is 0.123 e. The molecule has 1 aromatic rings. The molecule has 0 amide bonds. The Kier molecular flexibility index (Phi) is 3.19. The molecule has 2 fully saturated rings. The second-order valence-electron chi connectivity index (χ2n) is 6.71. The second-order valence-corrected chi connectivity index (χ2v) is 7.32. The van der Waals surface area contributed by atoms with Gasteiger partial charge in [0, 0.05) is 30.4 Å². The van der Waals surface area contributed by atoms with Crippen molar-refractivity contribution in [1.29, 1.82) is 0 Å². The third kappa shape index (κ3) is 2.23. The summed E-state index contributed by atoms with van der Waals surface area (Å²) < 4.78 is 6.14. The average Bonchev–Trinajstić information content (AvgIpc) is 2.89. The van der Waals surface area contributed by atoms with E-state index >= 15 is 0 Å². The molecule has 1 aromatic carbocycles. The molecule has 2 saturated heterocycles. The summed E-state index contributed by atoms with van der Waals surface area (Å²) in [5, 5.41) is 0.396. The number of fused-ring (bicyclic) bond motifs is 3. The fourth-order valence-corrected chi connectivity index (χ4v) is 4.70. The molecule has 4 rings (SSSR count). The van der Waals surface area contributed by atoms with E-state index in [9.17, 15) is 0 Å². The first kappa shape index (κ1) is 13.0. The van der Waals surface area contributed by atoms with Crippen molar-refractivity contribution in [2.75, 3.05) is 6.54 Å². The van der Waals surface area contributed by atoms with Crippen LogP contribution in [-0.2, 0) is 6.42 Å². The molecule has 20 heavy (non-hydrogen) atoms. The van der Waals surface area contributed by atoms with Crippen LogP contribution in [0.2, 0.25) is 0 Å². The molecule has 3 aliphatic rings. The second kappa shape index (κ2) is 4.92. The van der Waals surface area contributed by atoms with Gasteiger partial charge in [-0.3, -0.25) is 4.90 Å². The maximum atomic E-state index is 6.36. The molecule has 0 radical (unpaired) electrons. The van der Waals surface area contributed by atoms with Crippen molar-refractivity contribution >= 4 is 11.6 Å². The fraction of sp³-hybridized carbons (Fsp3) is 0.647. The highest BCUT2D eigenvalue weighted by Gasteiger charge is 2.41. The van der Waals surface area contributed by atoms with Gasteiger partial charge in [0.2, 0.25) is 0 Å². The number of nitrogens with zero attached hydrogens (tertiary/aromatic N) is 1. The molecule has 108 valence electrons. The van der Waals surface area contributed by atoms with Crippen LogP contribution in [0.1, 0.15) is 36.8 Å². The van der Waals surface area contributed by atoms with Gasteiger partial charge >= 0.3 is 0 Å².